The molecule has 2 aliphatic heterocycles. The Bertz CT molecular complexity index is 755. The normalized spacial score (nSPS) is 25.7. The molecule has 27 heavy (non-hydrogen) atoms. The number of β-lactam (4-membered cyclic amide) rings is 1. The van der Waals surface area contributed by atoms with E-state index in [1.165, 1.54) is 16.7 Å². The van der Waals surface area contributed by atoms with Crippen molar-refractivity contribution in [1.82, 2.24) is 10.2 Å². The summed E-state index contributed by atoms with van der Waals surface area (Å²) in [7, 11) is 0. The van der Waals surface area contributed by atoms with Gasteiger partial charge in [-0.2, -0.15) is 0 Å². The van der Waals surface area contributed by atoms with E-state index in [-0.39, 0.29) is 51.4 Å². The smallest absolute Gasteiger partial charge is 0.548 e. The number of hydrogen-bond donors (Lipinski definition) is 1. The van der Waals surface area contributed by atoms with Gasteiger partial charge in [0, 0.05) is 4.75 Å². The van der Waals surface area contributed by atoms with Crippen LogP contribution >= 0.6 is 11.8 Å². The third kappa shape index (κ3) is 4.23. The van der Waals surface area contributed by atoms with E-state index in [1.54, 1.807) is 52.0 Å². The molecule has 0 aliphatic carbocycles. The number of rotatable bonds is 5. The fourth-order valence-corrected chi connectivity index (χ4v) is 4.89. The number of carboxylic acids is 1. The molecule has 0 bridgehead atoms. The van der Waals surface area contributed by atoms with Crippen LogP contribution in [0, 0.1) is 0 Å². The van der Waals surface area contributed by atoms with Crippen LogP contribution in [0.15, 0.2) is 30.3 Å². The van der Waals surface area contributed by atoms with E-state index in [2.05, 4.69) is 5.32 Å². The van der Waals surface area contributed by atoms with Crippen LogP contribution < -0.4 is 66.5 Å². The van der Waals surface area contributed by atoms with Gasteiger partial charge in [-0.15, -0.1) is 11.8 Å². The summed E-state index contributed by atoms with van der Waals surface area (Å²) in [5.74, 6) is -1.58. The zero-order valence-electron chi connectivity index (χ0n) is 16.0. The summed E-state index contributed by atoms with van der Waals surface area (Å²) in [6.07, 6.45) is 0. The Morgan fingerprint density at radius 3 is 2.41 bits per heavy atom. The monoisotopic (exact) mass is 416 g/mol. The number of carboxylic acid groups (broad SMARTS) is 1. The molecule has 7 nitrogen and oxygen atoms in total. The molecule has 140 valence electrons. The summed E-state index contributed by atoms with van der Waals surface area (Å²) in [5.41, 5.74) is -1.19. The number of hydrogen-bond acceptors (Lipinski definition) is 6. The van der Waals surface area contributed by atoms with Crippen LogP contribution in [-0.4, -0.2) is 50.5 Å². The number of nitrogens with zero attached hydrogens (tertiary/aromatic N) is 1. The quantitative estimate of drug-likeness (QED) is 0.410. The van der Waals surface area contributed by atoms with Gasteiger partial charge in [-0.05, 0) is 39.8 Å². The predicted octanol–water partition coefficient (Wildman–Crippen LogP) is -2.85. The van der Waals surface area contributed by atoms with Gasteiger partial charge in [0.25, 0.3) is 5.91 Å². The van der Waals surface area contributed by atoms with E-state index in [0.29, 0.717) is 5.75 Å². The maximum atomic E-state index is 12.6. The number of carbonyl (C=O) groups is 3. The molecule has 9 heteroatoms. The summed E-state index contributed by atoms with van der Waals surface area (Å²) in [6, 6.07) is 7.15. The first kappa shape index (κ1) is 22.7. The molecule has 1 aromatic rings. The zero-order chi connectivity index (χ0) is 19.3. The molecule has 0 saturated carbocycles. The van der Waals surface area contributed by atoms with E-state index in [1.807, 2.05) is 6.07 Å². The van der Waals surface area contributed by atoms with Crippen molar-refractivity contribution in [3.05, 3.63) is 30.3 Å². The Balaban J connectivity index is 0.00000261. The SMILES string of the molecule is CC(C)(Oc1ccccc1)C(=O)NC1C(=O)N2C(C(=O)[O-])C(C)(C)S[C@@H]12.[K+]. The van der Waals surface area contributed by atoms with Crippen molar-refractivity contribution in [3.8, 4) is 5.75 Å². The van der Waals surface area contributed by atoms with E-state index in [0.717, 1.165) is 0 Å². The minimum Gasteiger partial charge on any atom is -0.548 e. The molecule has 2 aliphatic rings. The summed E-state index contributed by atoms with van der Waals surface area (Å²) < 4.78 is 5.05. The average molecular weight is 417 g/mol. The Kier molecular flexibility index (Phi) is 6.76. The standard InChI is InChI=1S/C18H22N2O5S.K/c1-17(2,25-10-8-6-5-7-9-10)16(24)19-11-13(21)20-12(15(22)23)18(3,4)26-14(11)20;/h5-9,11-12,14H,1-4H3,(H,19,24)(H,22,23);/q;+1/p-1/t11?,12?,14-;/m0./s1. The van der Waals surface area contributed by atoms with Crippen molar-refractivity contribution in [2.45, 2.75) is 55.5 Å². The van der Waals surface area contributed by atoms with Crippen molar-refractivity contribution in [2.75, 3.05) is 0 Å². The molecular formula is C18H21KN2O5S. The molecule has 2 heterocycles. The average Bonchev–Trinajstić information content (AvgIpc) is 2.81. The van der Waals surface area contributed by atoms with Crippen LogP contribution in [-0.2, 0) is 14.4 Å². The van der Waals surface area contributed by atoms with Gasteiger partial charge in [0.15, 0.2) is 5.60 Å². The van der Waals surface area contributed by atoms with Gasteiger partial charge in [0.1, 0.15) is 17.2 Å². The molecular weight excluding hydrogens is 395 g/mol. The van der Waals surface area contributed by atoms with Gasteiger partial charge in [0.2, 0.25) is 5.91 Å². The molecule has 3 atom stereocenters. The second-order valence-corrected chi connectivity index (χ2v) is 9.23. The number of nitrogens with one attached hydrogen (secondary N) is 1. The maximum absolute atomic E-state index is 12.6. The first-order valence-corrected chi connectivity index (χ1v) is 9.18. The molecule has 1 N–H and O–H groups in total. The van der Waals surface area contributed by atoms with Crippen molar-refractivity contribution in [2.24, 2.45) is 0 Å². The van der Waals surface area contributed by atoms with Crippen LogP contribution in [0.5, 0.6) is 5.75 Å². The molecule has 0 aromatic heterocycles. The van der Waals surface area contributed by atoms with Gasteiger partial charge in [-0.25, -0.2) is 0 Å². The zero-order valence-corrected chi connectivity index (χ0v) is 20.0. The van der Waals surface area contributed by atoms with E-state index >= 15 is 0 Å². The molecule has 1 aromatic carbocycles. The molecule has 0 spiro atoms. The fourth-order valence-electron chi connectivity index (χ4n) is 3.27. The summed E-state index contributed by atoms with van der Waals surface area (Å²) in [4.78, 5) is 37.8. The number of amides is 2. The van der Waals surface area contributed by atoms with Gasteiger partial charge in [0.05, 0.1) is 12.0 Å². The van der Waals surface area contributed by atoms with E-state index in [4.69, 9.17) is 4.74 Å². The van der Waals surface area contributed by atoms with Crippen LogP contribution in [0.3, 0.4) is 0 Å². The van der Waals surface area contributed by atoms with E-state index < -0.39 is 45.6 Å². The molecule has 2 saturated heterocycles. The van der Waals surface area contributed by atoms with Gasteiger partial charge in [-0.1, -0.05) is 18.2 Å². The van der Waals surface area contributed by atoms with Crippen molar-refractivity contribution in [3.63, 3.8) is 0 Å². The van der Waals surface area contributed by atoms with E-state index in [9.17, 15) is 19.5 Å². The Hall–Kier alpha value is -0.584. The Labute approximate surface area is 205 Å². The number of fused-ring (bicyclic) bond motifs is 1. The number of thioether (sulfide) groups is 1. The van der Waals surface area contributed by atoms with Crippen molar-refractivity contribution >= 4 is 29.5 Å². The van der Waals surface area contributed by atoms with Crippen molar-refractivity contribution in [1.29, 1.82) is 0 Å². The Morgan fingerprint density at radius 2 is 1.85 bits per heavy atom. The van der Waals surface area contributed by atoms with Crippen LogP contribution in [0.2, 0.25) is 0 Å². The molecule has 0 radical (unpaired) electrons. The summed E-state index contributed by atoms with van der Waals surface area (Å²) in [5, 5.41) is 13.7. The van der Waals surface area contributed by atoms with Crippen molar-refractivity contribution < 1.29 is 75.6 Å². The fraction of sp³-hybridized carbons (Fsp3) is 0.500. The largest absolute Gasteiger partial charge is 1.00 e. The maximum Gasteiger partial charge on any atom is 1.00 e. The van der Waals surface area contributed by atoms with Crippen LogP contribution in [0.1, 0.15) is 27.7 Å². The predicted molar refractivity (Wildman–Crippen MR) is 94.2 cm³/mol. The van der Waals surface area contributed by atoms with Crippen LogP contribution in [0.4, 0.5) is 0 Å². The van der Waals surface area contributed by atoms with Gasteiger partial charge in [-0.3, -0.25) is 9.59 Å². The number of benzene rings is 1. The van der Waals surface area contributed by atoms with Gasteiger partial charge >= 0.3 is 51.4 Å². The molecule has 2 fully saturated rings. The number of ether oxygens (including phenoxy) is 1. The topological polar surface area (TPSA) is 98.8 Å². The minimum atomic E-state index is -1.28. The van der Waals surface area contributed by atoms with Gasteiger partial charge < -0.3 is 24.9 Å². The first-order valence-electron chi connectivity index (χ1n) is 8.30. The second kappa shape index (κ2) is 8.04. The third-order valence-corrected chi connectivity index (χ3v) is 6.19. The molecule has 2 amide bonds. The number of carbonyl (C=O) groups excluding carboxylic acids is 3. The number of para-hydroxylation sites is 1. The third-order valence-electron chi connectivity index (χ3n) is 4.61. The summed E-state index contributed by atoms with van der Waals surface area (Å²) in [6.45, 7) is 6.74. The van der Waals surface area contributed by atoms with Crippen LogP contribution in [0.25, 0.3) is 0 Å². The molecule has 2 unspecified atom stereocenters. The number of aliphatic carboxylic acids is 1. The minimum absolute atomic E-state index is 0. The Morgan fingerprint density at radius 1 is 1.26 bits per heavy atom. The first-order chi connectivity index (χ1) is 12.0. The molecule has 3 rings (SSSR count). The second-order valence-electron chi connectivity index (χ2n) is 7.46. The summed E-state index contributed by atoms with van der Waals surface area (Å²) >= 11 is 1.35.